The van der Waals surface area contributed by atoms with E-state index >= 15 is 0 Å². The first-order chi connectivity index (χ1) is 10.1. The number of anilines is 1. The monoisotopic (exact) mass is 307 g/mol. The molecule has 112 valence electrons. The first-order valence-corrected chi connectivity index (χ1v) is 7.66. The maximum atomic E-state index is 12.5. The Morgan fingerprint density at radius 3 is 2.67 bits per heavy atom. The van der Waals surface area contributed by atoms with E-state index in [0.29, 0.717) is 23.7 Å². The van der Waals surface area contributed by atoms with Crippen LogP contribution in [0.15, 0.2) is 24.3 Å². The van der Waals surface area contributed by atoms with E-state index in [1.54, 1.807) is 11.0 Å². The molecule has 3 amide bonds. The number of nitrogens with one attached hydrogen (secondary N) is 2. The summed E-state index contributed by atoms with van der Waals surface area (Å²) < 4.78 is 0. The minimum absolute atomic E-state index is 0.0969. The standard InChI is InChI=1S/C15H18ClN3O2/c16-11-4-1-2-6-13(11)19-9-3-5-12(14(19)20)18-15(21)17-10-7-8-10/h1-2,4,6,10,12H,3,5,7-9H2,(H2,17,18,21)/t12-/m0/s1. The van der Waals surface area contributed by atoms with Crippen LogP contribution in [0.2, 0.25) is 5.02 Å². The molecule has 0 unspecified atom stereocenters. The predicted octanol–water partition coefficient (Wildman–Crippen LogP) is 2.30. The van der Waals surface area contributed by atoms with E-state index in [0.717, 1.165) is 19.3 Å². The quantitative estimate of drug-likeness (QED) is 0.900. The summed E-state index contributed by atoms with van der Waals surface area (Å²) in [5, 5.41) is 6.17. The Balaban J connectivity index is 1.68. The number of hydrogen-bond donors (Lipinski definition) is 2. The summed E-state index contributed by atoms with van der Waals surface area (Å²) in [6.45, 7) is 0.630. The van der Waals surface area contributed by atoms with Crippen LogP contribution in [-0.2, 0) is 4.79 Å². The molecular formula is C15H18ClN3O2. The zero-order chi connectivity index (χ0) is 14.8. The lowest BCUT2D eigenvalue weighted by molar-refractivity contribution is -0.121. The van der Waals surface area contributed by atoms with Gasteiger partial charge >= 0.3 is 6.03 Å². The molecule has 3 rings (SSSR count). The zero-order valence-electron chi connectivity index (χ0n) is 11.6. The van der Waals surface area contributed by atoms with E-state index in [9.17, 15) is 9.59 Å². The van der Waals surface area contributed by atoms with Gasteiger partial charge in [0.25, 0.3) is 0 Å². The van der Waals surface area contributed by atoms with Crippen molar-refractivity contribution in [1.29, 1.82) is 0 Å². The van der Waals surface area contributed by atoms with E-state index in [1.165, 1.54) is 0 Å². The Hall–Kier alpha value is -1.75. The predicted molar refractivity (Wildman–Crippen MR) is 81.5 cm³/mol. The van der Waals surface area contributed by atoms with Gasteiger partial charge in [0.15, 0.2) is 0 Å². The second kappa shape index (κ2) is 5.93. The van der Waals surface area contributed by atoms with Gasteiger partial charge < -0.3 is 15.5 Å². The fourth-order valence-electron chi connectivity index (χ4n) is 2.53. The Bertz CT molecular complexity index is 560. The van der Waals surface area contributed by atoms with Gasteiger partial charge in [0.05, 0.1) is 10.7 Å². The maximum absolute atomic E-state index is 12.5. The minimum atomic E-state index is -0.478. The summed E-state index contributed by atoms with van der Waals surface area (Å²) in [6, 6.07) is 6.83. The number of halogens is 1. The van der Waals surface area contributed by atoms with E-state index in [2.05, 4.69) is 10.6 Å². The highest BCUT2D eigenvalue weighted by molar-refractivity contribution is 6.33. The number of hydrogen-bond acceptors (Lipinski definition) is 2. The van der Waals surface area contributed by atoms with Crippen molar-refractivity contribution in [3.05, 3.63) is 29.3 Å². The van der Waals surface area contributed by atoms with Gasteiger partial charge in [0, 0.05) is 12.6 Å². The molecule has 5 nitrogen and oxygen atoms in total. The molecule has 0 radical (unpaired) electrons. The lowest BCUT2D eigenvalue weighted by Gasteiger charge is -2.33. The molecule has 1 aromatic carbocycles. The number of nitrogens with zero attached hydrogens (tertiary/aromatic N) is 1. The first kappa shape index (κ1) is 14.2. The van der Waals surface area contributed by atoms with Crippen LogP contribution in [0.25, 0.3) is 0 Å². The normalized spacial score (nSPS) is 22.0. The van der Waals surface area contributed by atoms with Crippen LogP contribution in [0.1, 0.15) is 25.7 Å². The number of para-hydroxylation sites is 1. The molecule has 0 aromatic heterocycles. The van der Waals surface area contributed by atoms with Crippen molar-refractivity contribution in [2.45, 2.75) is 37.8 Å². The molecule has 21 heavy (non-hydrogen) atoms. The van der Waals surface area contributed by atoms with Crippen LogP contribution in [-0.4, -0.2) is 30.6 Å². The molecule has 0 bridgehead atoms. The number of carbonyl (C=O) groups is 2. The SMILES string of the molecule is O=C(NC1CC1)N[C@H]1CCCN(c2ccccc2Cl)C1=O. The maximum Gasteiger partial charge on any atom is 0.315 e. The summed E-state index contributed by atoms with van der Waals surface area (Å²) in [7, 11) is 0. The Labute approximate surface area is 128 Å². The van der Waals surface area contributed by atoms with Gasteiger partial charge in [-0.3, -0.25) is 4.79 Å². The van der Waals surface area contributed by atoms with Crippen LogP contribution in [0.5, 0.6) is 0 Å². The highest BCUT2D eigenvalue weighted by Gasteiger charge is 2.32. The average molecular weight is 308 g/mol. The third kappa shape index (κ3) is 3.29. The topological polar surface area (TPSA) is 61.4 Å². The van der Waals surface area contributed by atoms with Crippen molar-refractivity contribution in [3.8, 4) is 0 Å². The van der Waals surface area contributed by atoms with Crippen LogP contribution in [0.3, 0.4) is 0 Å². The molecule has 1 aliphatic heterocycles. The molecule has 1 aliphatic carbocycles. The Kier molecular flexibility index (Phi) is 4.01. The van der Waals surface area contributed by atoms with Gasteiger partial charge in [0.2, 0.25) is 5.91 Å². The van der Waals surface area contributed by atoms with Crippen LogP contribution in [0, 0.1) is 0 Å². The van der Waals surface area contributed by atoms with Crippen molar-refractivity contribution < 1.29 is 9.59 Å². The molecule has 6 heteroatoms. The summed E-state index contributed by atoms with van der Waals surface area (Å²) in [5.41, 5.74) is 0.707. The van der Waals surface area contributed by atoms with Gasteiger partial charge in [-0.25, -0.2) is 4.79 Å². The number of benzene rings is 1. The van der Waals surface area contributed by atoms with Crippen molar-refractivity contribution in [3.63, 3.8) is 0 Å². The molecule has 2 aliphatic rings. The summed E-state index contributed by atoms with van der Waals surface area (Å²) >= 11 is 6.16. The van der Waals surface area contributed by atoms with Crippen molar-refractivity contribution in [2.24, 2.45) is 0 Å². The molecule has 1 aromatic rings. The smallest absolute Gasteiger partial charge is 0.315 e. The van der Waals surface area contributed by atoms with Gasteiger partial charge in [-0.1, -0.05) is 23.7 Å². The highest BCUT2D eigenvalue weighted by atomic mass is 35.5. The van der Waals surface area contributed by atoms with Gasteiger partial charge in [-0.15, -0.1) is 0 Å². The molecule has 2 fully saturated rings. The lowest BCUT2D eigenvalue weighted by atomic mass is 10.0. The van der Waals surface area contributed by atoms with Crippen molar-refractivity contribution in [2.75, 3.05) is 11.4 Å². The molecule has 2 N–H and O–H groups in total. The molecule has 1 heterocycles. The van der Waals surface area contributed by atoms with Crippen LogP contribution >= 0.6 is 11.6 Å². The second-order valence-corrected chi connectivity index (χ2v) is 5.94. The number of urea groups is 1. The number of amides is 3. The summed E-state index contributed by atoms with van der Waals surface area (Å²) in [4.78, 5) is 26.0. The first-order valence-electron chi connectivity index (χ1n) is 7.28. The molecule has 1 atom stereocenters. The second-order valence-electron chi connectivity index (χ2n) is 5.53. The highest BCUT2D eigenvalue weighted by Crippen LogP contribution is 2.28. The number of rotatable bonds is 3. The van der Waals surface area contributed by atoms with Gasteiger partial charge in [-0.2, -0.15) is 0 Å². The lowest BCUT2D eigenvalue weighted by Crippen LogP contribution is -2.54. The third-order valence-corrected chi connectivity index (χ3v) is 4.12. The van der Waals surface area contributed by atoms with Crippen molar-refractivity contribution in [1.82, 2.24) is 10.6 Å². The number of piperidine rings is 1. The van der Waals surface area contributed by atoms with Crippen molar-refractivity contribution >= 4 is 29.2 Å². The molecule has 1 saturated heterocycles. The largest absolute Gasteiger partial charge is 0.335 e. The third-order valence-electron chi connectivity index (χ3n) is 3.80. The fraction of sp³-hybridized carbons (Fsp3) is 0.467. The van der Waals surface area contributed by atoms with E-state index in [4.69, 9.17) is 11.6 Å². The summed E-state index contributed by atoms with van der Waals surface area (Å²) in [6.07, 6.45) is 3.55. The minimum Gasteiger partial charge on any atom is -0.335 e. The van der Waals surface area contributed by atoms with E-state index in [1.807, 2.05) is 18.2 Å². The van der Waals surface area contributed by atoms with Crippen LogP contribution < -0.4 is 15.5 Å². The van der Waals surface area contributed by atoms with E-state index < -0.39 is 6.04 Å². The molecule has 0 spiro atoms. The van der Waals surface area contributed by atoms with E-state index in [-0.39, 0.29) is 18.0 Å². The summed E-state index contributed by atoms with van der Waals surface area (Å²) in [5.74, 6) is -0.0969. The average Bonchev–Trinajstić information content (AvgIpc) is 3.26. The van der Waals surface area contributed by atoms with Crippen LogP contribution in [0.4, 0.5) is 10.5 Å². The fourth-order valence-corrected chi connectivity index (χ4v) is 2.77. The Morgan fingerprint density at radius 1 is 1.19 bits per heavy atom. The zero-order valence-corrected chi connectivity index (χ0v) is 12.4. The number of carbonyl (C=O) groups excluding carboxylic acids is 2. The van der Waals surface area contributed by atoms with Gasteiger partial charge in [-0.05, 0) is 37.8 Å². The van der Waals surface area contributed by atoms with Gasteiger partial charge in [0.1, 0.15) is 6.04 Å². The molecular weight excluding hydrogens is 290 g/mol. The molecule has 1 saturated carbocycles. The Morgan fingerprint density at radius 2 is 1.95 bits per heavy atom.